The number of urea groups is 1. The van der Waals surface area contributed by atoms with Crippen LogP contribution in [0.1, 0.15) is 65.0 Å². The summed E-state index contributed by atoms with van der Waals surface area (Å²) in [7, 11) is -1.90. The molecule has 0 spiro atoms. The summed E-state index contributed by atoms with van der Waals surface area (Å²) in [4.78, 5) is 18.5. The molecule has 0 unspecified atom stereocenters. The van der Waals surface area contributed by atoms with Gasteiger partial charge in [-0.1, -0.05) is 25.7 Å². The highest BCUT2D eigenvalue weighted by Gasteiger charge is 2.51. The van der Waals surface area contributed by atoms with Crippen LogP contribution in [0.5, 0.6) is 0 Å². The van der Waals surface area contributed by atoms with Crippen molar-refractivity contribution in [3.63, 3.8) is 0 Å². The summed E-state index contributed by atoms with van der Waals surface area (Å²) in [5, 5.41) is 1.97. The first-order chi connectivity index (χ1) is 22.3. The van der Waals surface area contributed by atoms with E-state index in [1.165, 1.54) is 14.0 Å². The number of amides is 2. The van der Waals surface area contributed by atoms with E-state index < -0.39 is 78.6 Å². The highest BCUT2D eigenvalue weighted by Crippen LogP contribution is 2.37. The number of fused-ring (bicyclic) bond motifs is 1. The molecule has 1 aromatic heterocycles. The van der Waals surface area contributed by atoms with Gasteiger partial charge in [0.05, 0.1) is 52.1 Å². The van der Waals surface area contributed by atoms with Crippen molar-refractivity contribution >= 4 is 36.1 Å². The maximum Gasteiger partial charge on any atom is 0.416 e. The summed E-state index contributed by atoms with van der Waals surface area (Å²) in [5.41, 5.74) is -1.32. The molecule has 280 valence electrons. The maximum atomic E-state index is 13.9. The fourth-order valence-corrected chi connectivity index (χ4v) is 6.70. The van der Waals surface area contributed by atoms with Crippen LogP contribution >= 0.6 is 0 Å². The van der Waals surface area contributed by atoms with Crippen molar-refractivity contribution in [3.05, 3.63) is 29.6 Å². The van der Waals surface area contributed by atoms with Crippen LogP contribution in [0.2, 0.25) is 25.7 Å². The lowest BCUT2D eigenvalue weighted by Gasteiger charge is -2.35. The van der Waals surface area contributed by atoms with Crippen LogP contribution in [0.25, 0.3) is 11.0 Å². The zero-order valence-electron chi connectivity index (χ0n) is 29.6. The molecule has 1 saturated heterocycles. The van der Waals surface area contributed by atoms with Gasteiger partial charge in [0.15, 0.2) is 5.60 Å². The Bertz CT molecular complexity index is 1470. The molecule has 2 aromatic rings. The van der Waals surface area contributed by atoms with Gasteiger partial charge in [-0.3, -0.25) is 0 Å². The van der Waals surface area contributed by atoms with E-state index in [9.17, 15) is 35.3 Å². The van der Waals surface area contributed by atoms with Gasteiger partial charge in [-0.2, -0.15) is 26.3 Å². The Balaban J connectivity index is 2.16. The molecule has 18 heteroatoms. The zero-order chi connectivity index (χ0) is 37.3. The van der Waals surface area contributed by atoms with Crippen LogP contribution in [-0.4, -0.2) is 94.5 Å². The van der Waals surface area contributed by atoms with Crippen LogP contribution in [-0.2, 0) is 31.9 Å². The van der Waals surface area contributed by atoms with E-state index in [0.717, 1.165) is 24.8 Å². The van der Waals surface area contributed by atoms with Gasteiger partial charge >= 0.3 is 18.4 Å². The Morgan fingerprint density at radius 3 is 2.24 bits per heavy atom. The fourth-order valence-electron chi connectivity index (χ4n) is 5.07. The zero-order valence-corrected chi connectivity index (χ0v) is 31.5. The van der Waals surface area contributed by atoms with Crippen molar-refractivity contribution < 1.29 is 49.6 Å². The number of alkyl halides is 6. The third-order valence-electron chi connectivity index (χ3n) is 8.14. The van der Waals surface area contributed by atoms with Gasteiger partial charge in [-0.25, -0.2) is 18.7 Å². The molecule has 5 atom stereocenters. The minimum atomic E-state index is -4.71. The Labute approximate surface area is 287 Å². The number of nitrogens with one attached hydrogen (secondary N) is 2. The fraction of sp³-hybridized carbons (Fsp3) is 0.742. The van der Waals surface area contributed by atoms with Crippen molar-refractivity contribution in [1.29, 1.82) is 0 Å². The lowest BCUT2D eigenvalue weighted by Crippen LogP contribution is -2.48. The first kappa shape index (κ1) is 41.2. The summed E-state index contributed by atoms with van der Waals surface area (Å²) in [6.07, 6.45) is -10.6. The molecule has 0 radical (unpaired) electrons. The van der Waals surface area contributed by atoms with E-state index in [1.807, 2.05) is 5.32 Å². The molecule has 3 rings (SSSR count). The second kappa shape index (κ2) is 15.2. The average Bonchev–Trinajstić information content (AvgIpc) is 3.50. The first-order valence-electron chi connectivity index (χ1n) is 15.9. The molecular formula is C31H49F6N5O5SSi. The van der Waals surface area contributed by atoms with E-state index in [0.29, 0.717) is 23.2 Å². The number of imidazole rings is 1. The third-order valence-corrected chi connectivity index (χ3v) is 11.4. The SMILES string of the molecule is COC[C@H](c1ccc2c(c1)nc([C@@H](N[S@](=O)C(C)(C)C)[C@@H](C)OC(C)(C)C(F)(F)F)n2COCC[Si](C)(C)C)N1C[C@@H](C(F)(F)F)NC1=O. The second-order valence-corrected chi connectivity index (χ2v) is 22.6. The predicted octanol–water partition coefficient (Wildman–Crippen LogP) is 6.83. The van der Waals surface area contributed by atoms with Crippen molar-refractivity contribution in [3.8, 4) is 0 Å². The van der Waals surface area contributed by atoms with Crippen LogP contribution in [0.15, 0.2) is 18.2 Å². The second-order valence-electron chi connectivity index (χ2n) is 15.0. The topological polar surface area (TPSA) is 107 Å². The summed E-state index contributed by atoms with van der Waals surface area (Å²) in [5.74, 6) is 0.183. The Kier molecular flexibility index (Phi) is 12.7. The molecule has 10 nitrogen and oxygen atoms in total. The summed E-state index contributed by atoms with van der Waals surface area (Å²) < 4.78 is 116. The van der Waals surface area contributed by atoms with Crippen molar-refractivity contribution in [2.75, 3.05) is 26.9 Å². The summed E-state index contributed by atoms with van der Waals surface area (Å²) in [6, 6.07) is 0.711. The average molecular weight is 746 g/mol. The Hall–Kier alpha value is -2.25. The van der Waals surface area contributed by atoms with E-state index in [1.54, 1.807) is 43.5 Å². The van der Waals surface area contributed by atoms with Gasteiger partial charge in [-0.15, -0.1) is 0 Å². The number of rotatable bonds is 15. The standard InChI is InChI=1S/C31H49F6N5O5SSi/c1-19(47-29(5,6)31(35,36)37)25(40-48(44)28(2,3)4)26-38-21-15-20(11-12-22(21)42(26)18-46-13-14-49(8,9)10)23(17-45-7)41-16-24(30(32,33)34)39-27(41)43/h11-12,15,19,23-25,40H,13-14,16-18H2,1-10H3,(H,39,43)/t19-,23-,24+,25+,48-/m1/s1. The molecule has 1 aromatic carbocycles. The van der Waals surface area contributed by atoms with E-state index in [4.69, 9.17) is 19.2 Å². The summed E-state index contributed by atoms with van der Waals surface area (Å²) >= 11 is 0. The highest BCUT2D eigenvalue weighted by molar-refractivity contribution is 7.84. The number of benzene rings is 1. The van der Waals surface area contributed by atoms with Crippen molar-refractivity contribution in [2.24, 2.45) is 0 Å². The van der Waals surface area contributed by atoms with Gasteiger partial charge < -0.3 is 29.0 Å². The Morgan fingerprint density at radius 2 is 1.73 bits per heavy atom. The van der Waals surface area contributed by atoms with Crippen LogP contribution in [0, 0.1) is 0 Å². The van der Waals surface area contributed by atoms with Crippen LogP contribution in [0.3, 0.4) is 0 Å². The quantitative estimate of drug-likeness (QED) is 0.118. The number of aromatic nitrogens is 2. The molecule has 0 aliphatic carbocycles. The predicted molar refractivity (Wildman–Crippen MR) is 178 cm³/mol. The maximum absolute atomic E-state index is 13.9. The molecule has 1 aliphatic heterocycles. The van der Waals surface area contributed by atoms with Crippen LogP contribution < -0.4 is 10.0 Å². The minimum Gasteiger partial charge on any atom is -0.382 e. The summed E-state index contributed by atoms with van der Waals surface area (Å²) in [6.45, 7) is 14.5. The molecule has 1 fully saturated rings. The molecule has 49 heavy (non-hydrogen) atoms. The molecule has 1 aliphatic rings. The Morgan fingerprint density at radius 1 is 1.10 bits per heavy atom. The smallest absolute Gasteiger partial charge is 0.382 e. The van der Waals surface area contributed by atoms with Crippen molar-refractivity contribution in [1.82, 2.24) is 24.5 Å². The number of hydrogen-bond donors (Lipinski definition) is 2. The van der Waals surface area contributed by atoms with Crippen LogP contribution in [0.4, 0.5) is 31.1 Å². The molecule has 0 bridgehead atoms. The van der Waals surface area contributed by atoms with E-state index >= 15 is 0 Å². The third kappa shape index (κ3) is 10.4. The van der Waals surface area contributed by atoms with Gasteiger partial charge in [0, 0.05) is 21.8 Å². The molecule has 0 saturated carbocycles. The van der Waals surface area contributed by atoms with Gasteiger partial charge in [-0.05, 0) is 65.3 Å². The van der Waals surface area contributed by atoms with Gasteiger partial charge in [0.2, 0.25) is 0 Å². The number of methoxy groups -OCH3 is 1. The lowest BCUT2D eigenvalue weighted by molar-refractivity contribution is -0.277. The number of nitrogens with zero attached hydrogens (tertiary/aromatic N) is 3. The normalized spacial score (nSPS) is 19.3. The first-order valence-corrected chi connectivity index (χ1v) is 20.8. The number of halogens is 6. The highest BCUT2D eigenvalue weighted by atomic mass is 32.2. The molecule has 2 amide bonds. The van der Waals surface area contributed by atoms with Gasteiger partial charge in [0.25, 0.3) is 0 Å². The monoisotopic (exact) mass is 745 g/mol. The molecule has 2 heterocycles. The number of hydrogen-bond acceptors (Lipinski definition) is 6. The lowest BCUT2D eigenvalue weighted by atomic mass is 10.1. The van der Waals surface area contributed by atoms with Crippen molar-refractivity contribution in [2.45, 2.75) is 121 Å². The molecular weight excluding hydrogens is 697 g/mol. The molecule has 2 N–H and O–H groups in total. The number of carbonyl (C=O) groups excluding carboxylic acids is 1. The van der Waals surface area contributed by atoms with Gasteiger partial charge in [0.1, 0.15) is 24.6 Å². The van der Waals surface area contributed by atoms with E-state index in [-0.39, 0.29) is 19.2 Å². The number of ether oxygens (including phenoxy) is 3. The minimum absolute atomic E-state index is 0.0470. The van der Waals surface area contributed by atoms with E-state index in [2.05, 4.69) is 24.4 Å². The number of carbonyl (C=O) groups is 1. The largest absolute Gasteiger partial charge is 0.416 e.